The summed E-state index contributed by atoms with van der Waals surface area (Å²) in [7, 11) is 1.67. The van der Waals surface area contributed by atoms with Crippen LogP contribution in [0.15, 0.2) is 24.3 Å². The number of carboxylic acid groups (broad SMARTS) is 1. The van der Waals surface area contributed by atoms with Crippen LogP contribution in [0.1, 0.15) is 25.5 Å². The zero-order chi connectivity index (χ0) is 18.7. The molecule has 0 saturated carbocycles. The largest absolute Gasteiger partial charge is 0.494 e. The number of fused-ring (bicyclic) bond motifs is 1. The van der Waals surface area contributed by atoms with Gasteiger partial charge in [0.05, 0.1) is 13.7 Å². The molecule has 1 N–H and O–H groups in total. The van der Waals surface area contributed by atoms with Gasteiger partial charge >= 0.3 is 5.97 Å². The fourth-order valence-electron chi connectivity index (χ4n) is 3.90. The van der Waals surface area contributed by atoms with E-state index in [-0.39, 0.29) is 6.54 Å². The van der Waals surface area contributed by atoms with Gasteiger partial charge in [-0.1, -0.05) is 19.1 Å². The Morgan fingerprint density at radius 3 is 2.73 bits per heavy atom. The Bertz CT molecular complexity index is 785. The SMILES string of the molecule is CCN(CC(=O)O)C1CCN(c2cc(C)nc3c(OC)cccc23)CC1. The van der Waals surface area contributed by atoms with E-state index in [1.165, 1.54) is 5.69 Å². The number of piperidine rings is 1. The van der Waals surface area contributed by atoms with Gasteiger partial charge in [0.1, 0.15) is 11.3 Å². The van der Waals surface area contributed by atoms with Gasteiger partial charge < -0.3 is 14.7 Å². The van der Waals surface area contributed by atoms with E-state index in [4.69, 9.17) is 9.84 Å². The predicted molar refractivity (Wildman–Crippen MR) is 103 cm³/mol. The van der Waals surface area contributed by atoms with Crippen LogP contribution in [-0.4, -0.2) is 60.3 Å². The molecule has 26 heavy (non-hydrogen) atoms. The van der Waals surface area contributed by atoms with Gasteiger partial charge in [-0.2, -0.15) is 0 Å². The lowest BCUT2D eigenvalue weighted by Gasteiger charge is -2.39. The first-order chi connectivity index (χ1) is 12.5. The van der Waals surface area contributed by atoms with Crippen LogP contribution in [0.2, 0.25) is 0 Å². The zero-order valence-corrected chi connectivity index (χ0v) is 15.7. The fraction of sp³-hybridized carbons (Fsp3) is 0.500. The Hall–Kier alpha value is -2.34. The summed E-state index contributed by atoms with van der Waals surface area (Å²) in [5.41, 5.74) is 3.06. The number of aryl methyl sites for hydroxylation is 1. The summed E-state index contributed by atoms with van der Waals surface area (Å²) in [6.07, 6.45) is 1.93. The monoisotopic (exact) mass is 357 g/mol. The molecule has 1 saturated heterocycles. The summed E-state index contributed by atoms with van der Waals surface area (Å²) in [5.74, 6) is 0.0399. The van der Waals surface area contributed by atoms with Crippen molar-refractivity contribution in [3.63, 3.8) is 0 Å². The molecule has 3 rings (SSSR count). The Balaban J connectivity index is 1.82. The molecule has 2 heterocycles. The third-order valence-electron chi connectivity index (χ3n) is 5.19. The van der Waals surface area contributed by atoms with Crippen molar-refractivity contribution in [2.45, 2.75) is 32.7 Å². The zero-order valence-electron chi connectivity index (χ0n) is 15.7. The molecule has 140 valence electrons. The van der Waals surface area contributed by atoms with Crippen molar-refractivity contribution in [2.24, 2.45) is 0 Å². The third-order valence-corrected chi connectivity index (χ3v) is 5.19. The van der Waals surface area contributed by atoms with E-state index in [2.05, 4.69) is 26.9 Å². The normalized spacial score (nSPS) is 15.6. The lowest BCUT2D eigenvalue weighted by Crippen LogP contribution is -2.46. The van der Waals surface area contributed by atoms with Gasteiger partial charge in [0.25, 0.3) is 0 Å². The molecule has 1 aliphatic rings. The average Bonchev–Trinajstić information content (AvgIpc) is 2.65. The molecule has 1 fully saturated rings. The van der Waals surface area contributed by atoms with E-state index < -0.39 is 5.97 Å². The summed E-state index contributed by atoms with van der Waals surface area (Å²) in [6, 6.07) is 8.50. The highest BCUT2D eigenvalue weighted by atomic mass is 16.5. The number of hydrogen-bond donors (Lipinski definition) is 1. The molecule has 0 amide bonds. The Morgan fingerprint density at radius 2 is 2.12 bits per heavy atom. The van der Waals surface area contributed by atoms with Crippen molar-refractivity contribution in [1.82, 2.24) is 9.88 Å². The second-order valence-corrected chi connectivity index (χ2v) is 6.81. The molecule has 0 aliphatic carbocycles. The number of aromatic nitrogens is 1. The van der Waals surface area contributed by atoms with Crippen LogP contribution in [0.25, 0.3) is 10.9 Å². The number of carboxylic acids is 1. The maximum absolute atomic E-state index is 11.1. The molecule has 1 aromatic heterocycles. The van der Waals surface area contributed by atoms with Crippen molar-refractivity contribution in [1.29, 1.82) is 0 Å². The molecule has 0 atom stereocenters. The number of nitrogens with zero attached hydrogens (tertiary/aromatic N) is 3. The molecule has 0 radical (unpaired) electrons. The van der Waals surface area contributed by atoms with Gasteiger partial charge in [-0.05, 0) is 38.4 Å². The molecule has 0 bridgehead atoms. The van der Waals surface area contributed by atoms with Gasteiger partial charge in [-0.15, -0.1) is 0 Å². The Kier molecular flexibility index (Phi) is 5.61. The van der Waals surface area contributed by atoms with Crippen molar-refractivity contribution < 1.29 is 14.6 Å². The van der Waals surface area contributed by atoms with Crippen molar-refractivity contribution in [3.05, 3.63) is 30.0 Å². The molecular formula is C20H27N3O3. The number of hydrogen-bond acceptors (Lipinski definition) is 5. The summed E-state index contributed by atoms with van der Waals surface area (Å²) in [6.45, 7) is 6.75. The maximum Gasteiger partial charge on any atom is 0.317 e. The maximum atomic E-state index is 11.1. The topological polar surface area (TPSA) is 65.9 Å². The highest BCUT2D eigenvalue weighted by Crippen LogP contribution is 2.33. The number of ether oxygens (including phenoxy) is 1. The van der Waals surface area contributed by atoms with Crippen LogP contribution in [0, 0.1) is 6.92 Å². The molecule has 1 aromatic carbocycles. The summed E-state index contributed by atoms with van der Waals surface area (Å²) >= 11 is 0. The summed E-state index contributed by atoms with van der Waals surface area (Å²) in [5, 5.41) is 10.2. The van der Waals surface area contributed by atoms with E-state index in [0.29, 0.717) is 6.04 Å². The highest BCUT2D eigenvalue weighted by molar-refractivity contribution is 5.95. The van der Waals surface area contributed by atoms with E-state index in [9.17, 15) is 4.79 Å². The van der Waals surface area contributed by atoms with Gasteiger partial charge in [0, 0.05) is 35.9 Å². The van der Waals surface area contributed by atoms with E-state index in [0.717, 1.165) is 54.8 Å². The number of rotatable bonds is 6. The van der Waals surface area contributed by atoms with Crippen LogP contribution >= 0.6 is 0 Å². The minimum atomic E-state index is -0.753. The Morgan fingerprint density at radius 1 is 1.38 bits per heavy atom. The van der Waals surface area contributed by atoms with Gasteiger partial charge in [-0.3, -0.25) is 9.69 Å². The molecule has 6 heteroatoms. The predicted octanol–water partition coefficient (Wildman–Crippen LogP) is 2.93. The minimum absolute atomic E-state index is 0.121. The third kappa shape index (κ3) is 3.75. The number of benzene rings is 1. The van der Waals surface area contributed by atoms with Crippen LogP contribution in [0.5, 0.6) is 5.75 Å². The highest BCUT2D eigenvalue weighted by Gasteiger charge is 2.26. The molecule has 0 unspecified atom stereocenters. The van der Waals surface area contributed by atoms with Crippen LogP contribution in [-0.2, 0) is 4.79 Å². The lowest BCUT2D eigenvalue weighted by molar-refractivity contribution is -0.139. The molecule has 0 spiro atoms. The number of para-hydroxylation sites is 1. The first-order valence-corrected chi connectivity index (χ1v) is 9.18. The van der Waals surface area contributed by atoms with Crippen LogP contribution in [0.4, 0.5) is 5.69 Å². The lowest BCUT2D eigenvalue weighted by atomic mass is 10.0. The minimum Gasteiger partial charge on any atom is -0.494 e. The second-order valence-electron chi connectivity index (χ2n) is 6.81. The average molecular weight is 357 g/mol. The fourth-order valence-corrected chi connectivity index (χ4v) is 3.90. The number of methoxy groups -OCH3 is 1. The molecular weight excluding hydrogens is 330 g/mol. The second kappa shape index (κ2) is 7.91. The summed E-state index contributed by atoms with van der Waals surface area (Å²) in [4.78, 5) is 20.2. The number of aliphatic carboxylic acids is 1. The molecule has 6 nitrogen and oxygen atoms in total. The quantitative estimate of drug-likeness (QED) is 0.857. The van der Waals surface area contributed by atoms with Gasteiger partial charge in [0.15, 0.2) is 0 Å². The first kappa shape index (κ1) is 18.5. The summed E-state index contributed by atoms with van der Waals surface area (Å²) < 4.78 is 5.48. The van der Waals surface area contributed by atoms with Crippen molar-refractivity contribution >= 4 is 22.6 Å². The molecule has 2 aromatic rings. The Labute approximate surface area is 154 Å². The number of anilines is 1. The van der Waals surface area contributed by atoms with E-state index >= 15 is 0 Å². The van der Waals surface area contributed by atoms with E-state index in [1.54, 1.807) is 7.11 Å². The number of pyridine rings is 1. The molecule has 1 aliphatic heterocycles. The van der Waals surface area contributed by atoms with Gasteiger partial charge in [0.2, 0.25) is 0 Å². The standard InChI is InChI=1S/C20H27N3O3/c1-4-22(13-19(24)25)15-8-10-23(11-9-15)17-12-14(2)21-20-16(17)6-5-7-18(20)26-3/h5-7,12,15H,4,8-11,13H2,1-3H3,(H,24,25). The van der Waals surface area contributed by atoms with Crippen LogP contribution < -0.4 is 9.64 Å². The smallest absolute Gasteiger partial charge is 0.317 e. The van der Waals surface area contributed by atoms with Gasteiger partial charge in [-0.25, -0.2) is 4.98 Å². The van der Waals surface area contributed by atoms with Crippen molar-refractivity contribution in [2.75, 3.05) is 38.2 Å². The number of carbonyl (C=O) groups is 1. The van der Waals surface area contributed by atoms with E-state index in [1.807, 2.05) is 26.0 Å². The first-order valence-electron chi connectivity index (χ1n) is 9.18. The number of likely N-dealkylation sites (N-methyl/N-ethyl adjacent to an activating group) is 1. The van der Waals surface area contributed by atoms with Crippen LogP contribution in [0.3, 0.4) is 0 Å². The van der Waals surface area contributed by atoms with Crippen molar-refractivity contribution in [3.8, 4) is 5.75 Å².